The van der Waals surface area contributed by atoms with Crippen LogP contribution in [0.2, 0.25) is 10.0 Å². The molecule has 1 atom stereocenters. The molecule has 0 radical (unpaired) electrons. The lowest BCUT2D eigenvalue weighted by Crippen LogP contribution is -2.07. The van der Waals surface area contributed by atoms with Crippen LogP contribution in [0.3, 0.4) is 0 Å². The van der Waals surface area contributed by atoms with Gasteiger partial charge in [-0.25, -0.2) is 0 Å². The van der Waals surface area contributed by atoms with E-state index in [2.05, 4.69) is 6.58 Å². The van der Waals surface area contributed by atoms with Gasteiger partial charge in [0.15, 0.2) is 0 Å². The molecule has 0 aliphatic rings. The molecule has 70 valence electrons. The predicted molar refractivity (Wildman–Crippen MR) is 55.3 cm³/mol. The maximum Gasteiger partial charge on any atom is 0.123 e. The summed E-state index contributed by atoms with van der Waals surface area (Å²) in [5.41, 5.74) is 6.09. The van der Waals surface area contributed by atoms with Gasteiger partial charge in [-0.3, -0.25) is 0 Å². The van der Waals surface area contributed by atoms with Crippen LogP contribution in [0.15, 0.2) is 24.8 Å². The second-order valence-corrected chi connectivity index (χ2v) is 3.43. The second kappa shape index (κ2) is 4.01. The molecule has 0 aliphatic carbocycles. The highest BCUT2D eigenvalue weighted by Gasteiger charge is 2.12. The van der Waals surface area contributed by atoms with E-state index in [9.17, 15) is 5.11 Å². The van der Waals surface area contributed by atoms with Gasteiger partial charge in [0, 0.05) is 10.6 Å². The number of aromatic hydroxyl groups is 1. The predicted octanol–water partition coefficient (Wildman–Crippen LogP) is 2.88. The van der Waals surface area contributed by atoms with Crippen LogP contribution in [0, 0.1) is 0 Å². The van der Waals surface area contributed by atoms with Gasteiger partial charge in [0.05, 0.1) is 11.1 Å². The van der Waals surface area contributed by atoms with Crippen molar-refractivity contribution in [3.8, 4) is 5.75 Å². The molecule has 0 fully saturated rings. The summed E-state index contributed by atoms with van der Waals surface area (Å²) >= 11 is 11.5. The summed E-state index contributed by atoms with van der Waals surface area (Å²) < 4.78 is 0. The molecule has 0 saturated carbocycles. The van der Waals surface area contributed by atoms with Gasteiger partial charge in [-0.2, -0.15) is 0 Å². The Balaban J connectivity index is 3.28. The van der Waals surface area contributed by atoms with Crippen molar-refractivity contribution < 1.29 is 5.11 Å². The molecule has 3 N–H and O–H groups in total. The van der Waals surface area contributed by atoms with Gasteiger partial charge in [-0.05, 0) is 12.1 Å². The van der Waals surface area contributed by atoms with Gasteiger partial charge in [0.2, 0.25) is 0 Å². The molecule has 0 aliphatic heterocycles. The van der Waals surface area contributed by atoms with Crippen LogP contribution in [-0.2, 0) is 0 Å². The zero-order chi connectivity index (χ0) is 10.0. The van der Waals surface area contributed by atoms with Crippen molar-refractivity contribution in [2.45, 2.75) is 6.04 Å². The summed E-state index contributed by atoms with van der Waals surface area (Å²) in [6.45, 7) is 3.51. The highest BCUT2D eigenvalue weighted by atomic mass is 35.5. The van der Waals surface area contributed by atoms with Crippen molar-refractivity contribution in [1.29, 1.82) is 0 Å². The normalized spacial score (nSPS) is 12.5. The number of nitrogens with two attached hydrogens (primary N) is 1. The third-order valence-corrected chi connectivity index (χ3v) is 2.19. The fourth-order valence-electron chi connectivity index (χ4n) is 1.02. The molecule has 13 heavy (non-hydrogen) atoms. The Bertz CT molecular complexity index is 315. The van der Waals surface area contributed by atoms with Gasteiger partial charge in [0.1, 0.15) is 5.75 Å². The molecule has 4 heteroatoms. The molecule has 1 rings (SSSR count). The van der Waals surface area contributed by atoms with E-state index in [4.69, 9.17) is 28.9 Å². The van der Waals surface area contributed by atoms with Crippen LogP contribution in [0.4, 0.5) is 0 Å². The van der Waals surface area contributed by atoms with E-state index in [1.165, 1.54) is 18.2 Å². The van der Waals surface area contributed by atoms with Gasteiger partial charge < -0.3 is 10.8 Å². The van der Waals surface area contributed by atoms with Crippen molar-refractivity contribution in [3.63, 3.8) is 0 Å². The second-order valence-electron chi connectivity index (χ2n) is 2.58. The molecule has 0 aromatic heterocycles. The van der Waals surface area contributed by atoms with E-state index in [1.807, 2.05) is 0 Å². The summed E-state index contributed by atoms with van der Waals surface area (Å²) in [5, 5.41) is 10.2. The van der Waals surface area contributed by atoms with Gasteiger partial charge >= 0.3 is 0 Å². The lowest BCUT2D eigenvalue weighted by molar-refractivity contribution is 0.466. The third-order valence-electron chi connectivity index (χ3n) is 1.66. The Labute approximate surface area is 86.6 Å². The van der Waals surface area contributed by atoms with E-state index < -0.39 is 6.04 Å². The van der Waals surface area contributed by atoms with Crippen molar-refractivity contribution in [2.75, 3.05) is 0 Å². The first-order valence-corrected chi connectivity index (χ1v) is 4.38. The first-order valence-electron chi connectivity index (χ1n) is 3.62. The standard InChI is InChI=1S/C9H9Cl2NO/c1-2-7(12)9-6(11)3-5(10)4-8(9)13/h2-4,7,13H,1,12H2/t7-/m0/s1. The number of phenols is 1. The number of hydrogen-bond donors (Lipinski definition) is 2. The fourth-order valence-corrected chi connectivity index (χ4v) is 1.63. The fraction of sp³-hybridized carbons (Fsp3) is 0.111. The molecule has 0 unspecified atom stereocenters. The number of halogens is 2. The zero-order valence-corrected chi connectivity index (χ0v) is 8.31. The van der Waals surface area contributed by atoms with Gasteiger partial charge in [0.25, 0.3) is 0 Å². The Morgan fingerprint density at radius 3 is 2.54 bits per heavy atom. The van der Waals surface area contributed by atoms with Crippen molar-refractivity contribution in [3.05, 3.63) is 40.4 Å². The number of benzene rings is 1. The molecule has 0 amide bonds. The highest BCUT2D eigenvalue weighted by molar-refractivity contribution is 6.35. The highest BCUT2D eigenvalue weighted by Crippen LogP contribution is 2.33. The molecule has 1 aromatic carbocycles. The Kier molecular flexibility index (Phi) is 3.20. The summed E-state index contributed by atoms with van der Waals surface area (Å²) in [5.74, 6) is -0.00935. The topological polar surface area (TPSA) is 46.2 Å². The summed E-state index contributed by atoms with van der Waals surface area (Å²) in [6, 6.07) is 2.44. The minimum atomic E-state index is -0.482. The maximum absolute atomic E-state index is 9.48. The van der Waals surface area contributed by atoms with Crippen molar-refractivity contribution in [2.24, 2.45) is 5.73 Å². The first kappa shape index (κ1) is 10.4. The third kappa shape index (κ3) is 2.15. The molecule has 2 nitrogen and oxygen atoms in total. The summed E-state index contributed by atoms with van der Waals surface area (Å²) in [4.78, 5) is 0. The Hall–Kier alpha value is -0.700. The molecular weight excluding hydrogens is 209 g/mol. The lowest BCUT2D eigenvalue weighted by Gasteiger charge is -2.11. The van der Waals surface area contributed by atoms with Gasteiger partial charge in [-0.1, -0.05) is 29.3 Å². The SMILES string of the molecule is C=C[C@H](N)c1c(O)cc(Cl)cc1Cl. The molecular formula is C9H9Cl2NO. The van der Waals surface area contributed by atoms with Crippen LogP contribution < -0.4 is 5.73 Å². The zero-order valence-electron chi connectivity index (χ0n) is 6.80. The Morgan fingerprint density at radius 1 is 1.46 bits per heavy atom. The molecule has 0 saturated heterocycles. The van der Waals surface area contributed by atoms with E-state index in [1.54, 1.807) is 0 Å². The maximum atomic E-state index is 9.48. The number of phenolic OH excluding ortho intramolecular Hbond substituents is 1. The van der Waals surface area contributed by atoms with Crippen molar-refractivity contribution in [1.82, 2.24) is 0 Å². The summed E-state index contributed by atoms with van der Waals surface area (Å²) in [6.07, 6.45) is 1.49. The lowest BCUT2D eigenvalue weighted by atomic mass is 10.1. The molecule has 1 aromatic rings. The van der Waals surface area contributed by atoms with E-state index in [0.29, 0.717) is 15.6 Å². The minimum Gasteiger partial charge on any atom is -0.507 e. The number of rotatable bonds is 2. The number of hydrogen-bond acceptors (Lipinski definition) is 2. The van der Waals surface area contributed by atoms with Crippen LogP contribution in [-0.4, -0.2) is 5.11 Å². The molecule has 0 bridgehead atoms. The molecule has 0 spiro atoms. The smallest absolute Gasteiger partial charge is 0.123 e. The molecule has 0 heterocycles. The average molecular weight is 218 g/mol. The minimum absolute atomic E-state index is 0.00935. The van der Waals surface area contributed by atoms with Crippen LogP contribution in [0.25, 0.3) is 0 Å². The summed E-state index contributed by atoms with van der Waals surface area (Å²) in [7, 11) is 0. The van der Waals surface area contributed by atoms with E-state index in [-0.39, 0.29) is 5.75 Å². The first-order chi connectivity index (χ1) is 6.06. The quantitative estimate of drug-likeness (QED) is 0.749. The average Bonchev–Trinajstić information content (AvgIpc) is 2.02. The van der Waals surface area contributed by atoms with Crippen molar-refractivity contribution >= 4 is 23.2 Å². The van der Waals surface area contributed by atoms with Crippen LogP contribution in [0.1, 0.15) is 11.6 Å². The Morgan fingerprint density at radius 2 is 2.08 bits per heavy atom. The monoisotopic (exact) mass is 217 g/mol. The van der Waals surface area contributed by atoms with Gasteiger partial charge in [-0.15, -0.1) is 6.58 Å². The largest absolute Gasteiger partial charge is 0.507 e. The van der Waals surface area contributed by atoms with E-state index >= 15 is 0 Å². The van der Waals surface area contributed by atoms with Crippen LogP contribution in [0.5, 0.6) is 5.75 Å². The van der Waals surface area contributed by atoms with E-state index in [0.717, 1.165) is 0 Å². The van der Waals surface area contributed by atoms with Crippen LogP contribution >= 0.6 is 23.2 Å².